The molecule has 0 N–H and O–H groups in total. The van der Waals surface area contributed by atoms with E-state index < -0.39 is 5.76 Å². The predicted octanol–water partition coefficient (Wildman–Crippen LogP) is 6.15. The van der Waals surface area contributed by atoms with Crippen LogP contribution in [0, 0.1) is 0 Å². The van der Waals surface area contributed by atoms with Crippen LogP contribution >= 0.6 is 23.2 Å². The summed E-state index contributed by atoms with van der Waals surface area (Å²) in [7, 11) is 3.21. The van der Waals surface area contributed by atoms with Gasteiger partial charge in [-0.2, -0.15) is 0 Å². The van der Waals surface area contributed by atoms with E-state index in [1.807, 2.05) is 54.6 Å². The molecule has 31 heavy (non-hydrogen) atoms. The van der Waals surface area contributed by atoms with Gasteiger partial charge in [0.1, 0.15) is 11.5 Å². The largest absolute Gasteiger partial charge is 0.497 e. The van der Waals surface area contributed by atoms with Crippen molar-refractivity contribution in [2.45, 2.75) is 6.54 Å². The molecular weight excluding hydrogens is 437 g/mol. The fourth-order valence-electron chi connectivity index (χ4n) is 3.34. The van der Waals surface area contributed by atoms with Crippen LogP contribution in [0.2, 0.25) is 10.0 Å². The monoisotopic (exact) mass is 455 g/mol. The third-order valence-electron chi connectivity index (χ3n) is 4.94. The fourth-order valence-corrected chi connectivity index (χ4v) is 3.66. The highest BCUT2D eigenvalue weighted by molar-refractivity contribution is 6.42. The minimum absolute atomic E-state index is 0.275. The Morgan fingerprint density at radius 1 is 0.806 bits per heavy atom. The number of rotatable bonds is 6. The SMILES string of the molecule is COc1ccc(-c2oc(=O)n(Cc3ccc(Cl)c(Cl)c3)c2-c2ccc(OC)cc2)cc1. The molecule has 5 nitrogen and oxygen atoms in total. The van der Waals surface area contributed by atoms with Crippen molar-refractivity contribution in [3.8, 4) is 34.1 Å². The zero-order valence-corrected chi connectivity index (χ0v) is 18.4. The lowest BCUT2D eigenvalue weighted by Gasteiger charge is -2.10. The van der Waals surface area contributed by atoms with Crippen molar-refractivity contribution >= 4 is 23.2 Å². The number of nitrogens with zero attached hydrogens (tertiary/aromatic N) is 1. The molecule has 0 saturated heterocycles. The molecule has 7 heteroatoms. The van der Waals surface area contributed by atoms with Gasteiger partial charge in [-0.05, 0) is 66.2 Å². The minimum atomic E-state index is -0.470. The fraction of sp³-hybridized carbons (Fsp3) is 0.125. The first kappa shape index (κ1) is 21.1. The van der Waals surface area contributed by atoms with E-state index in [0.717, 1.165) is 22.4 Å². The van der Waals surface area contributed by atoms with Gasteiger partial charge in [0.25, 0.3) is 0 Å². The highest BCUT2D eigenvalue weighted by Crippen LogP contribution is 2.34. The Kier molecular flexibility index (Phi) is 6.07. The van der Waals surface area contributed by atoms with Gasteiger partial charge in [0, 0.05) is 11.1 Å². The molecule has 0 bridgehead atoms. The average Bonchev–Trinajstić information content (AvgIpc) is 3.12. The van der Waals surface area contributed by atoms with Gasteiger partial charge in [0.2, 0.25) is 0 Å². The maximum atomic E-state index is 12.9. The highest BCUT2D eigenvalue weighted by atomic mass is 35.5. The molecule has 3 aromatic carbocycles. The van der Waals surface area contributed by atoms with Crippen molar-refractivity contribution in [3.63, 3.8) is 0 Å². The first-order valence-electron chi connectivity index (χ1n) is 9.46. The summed E-state index contributed by atoms with van der Waals surface area (Å²) in [6, 6.07) is 20.1. The van der Waals surface area contributed by atoms with Crippen LogP contribution in [-0.2, 0) is 6.54 Å². The number of ether oxygens (including phenoxy) is 2. The zero-order valence-electron chi connectivity index (χ0n) is 16.9. The normalized spacial score (nSPS) is 10.8. The van der Waals surface area contributed by atoms with Crippen LogP contribution < -0.4 is 15.2 Å². The summed E-state index contributed by atoms with van der Waals surface area (Å²) < 4.78 is 17.8. The molecule has 0 radical (unpaired) electrons. The maximum absolute atomic E-state index is 12.9. The second-order valence-electron chi connectivity index (χ2n) is 6.84. The van der Waals surface area contributed by atoms with Crippen LogP contribution in [0.15, 0.2) is 75.9 Å². The molecule has 0 amide bonds. The lowest BCUT2D eigenvalue weighted by molar-refractivity contribution is 0.414. The van der Waals surface area contributed by atoms with Gasteiger partial charge in [-0.25, -0.2) is 4.79 Å². The molecule has 4 rings (SSSR count). The number of oxazole rings is 1. The smallest absolute Gasteiger partial charge is 0.420 e. The van der Waals surface area contributed by atoms with Crippen molar-refractivity contribution in [2.24, 2.45) is 0 Å². The summed E-state index contributed by atoms with van der Waals surface area (Å²) in [5.74, 6) is 1.43. The molecular formula is C24H19Cl2NO4. The summed E-state index contributed by atoms with van der Waals surface area (Å²) in [6.07, 6.45) is 0. The molecule has 0 fully saturated rings. The number of hydrogen-bond donors (Lipinski definition) is 0. The molecule has 0 aliphatic rings. The number of hydrogen-bond acceptors (Lipinski definition) is 4. The topological polar surface area (TPSA) is 53.6 Å². The van der Waals surface area contributed by atoms with Crippen LogP contribution in [0.4, 0.5) is 0 Å². The first-order chi connectivity index (χ1) is 15.0. The predicted molar refractivity (Wildman–Crippen MR) is 123 cm³/mol. The van der Waals surface area contributed by atoms with Crippen molar-refractivity contribution < 1.29 is 13.9 Å². The van der Waals surface area contributed by atoms with E-state index in [9.17, 15) is 4.79 Å². The first-order valence-corrected chi connectivity index (χ1v) is 10.2. The lowest BCUT2D eigenvalue weighted by atomic mass is 10.0. The molecule has 0 spiro atoms. The van der Waals surface area contributed by atoms with Crippen LogP contribution in [0.1, 0.15) is 5.56 Å². The van der Waals surface area contributed by atoms with Crippen LogP contribution in [0.25, 0.3) is 22.6 Å². The summed E-state index contributed by atoms with van der Waals surface area (Å²) in [4.78, 5) is 12.9. The Hall–Kier alpha value is -3.15. The lowest BCUT2D eigenvalue weighted by Crippen LogP contribution is -2.16. The van der Waals surface area contributed by atoms with E-state index in [-0.39, 0.29) is 6.54 Å². The van der Waals surface area contributed by atoms with E-state index in [1.54, 1.807) is 30.9 Å². The molecule has 4 aromatic rings. The zero-order chi connectivity index (χ0) is 22.0. The van der Waals surface area contributed by atoms with Crippen molar-refractivity contribution in [2.75, 3.05) is 14.2 Å². The van der Waals surface area contributed by atoms with Gasteiger partial charge in [0.15, 0.2) is 5.76 Å². The van der Waals surface area contributed by atoms with E-state index in [1.165, 1.54) is 0 Å². The second-order valence-corrected chi connectivity index (χ2v) is 7.65. The van der Waals surface area contributed by atoms with Gasteiger partial charge in [-0.1, -0.05) is 29.3 Å². The molecule has 0 saturated carbocycles. The van der Waals surface area contributed by atoms with E-state index in [2.05, 4.69) is 0 Å². The Morgan fingerprint density at radius 2 is 1.39 bits per heavy atom. The molecule has 1 heterocycles. The van der Waals surface area contributed by atoms with Crippen LogP contribution in [-0.4, -0.2) is 18.8 Å². The number of benzene rings is 3. The minimum Gasteiger partial charge on any atom is -0.497 e. The van der Waals surface area contributed by atoms with Crippen molar-refractivity contribution in [1.29, 1.82) is 0 Å². The van der Waals surface area contributed by atoms with Gasteiger partial charge in [-0.3, -0.25) is 4.57 Å². The van der Waals surface area contributed by atoms with E-state index in [0.29, 0.717) is 27.2 Å². The Morgan fingerprint density at radius 3 is 1.94 bits per heavy atom. The third-order valence-corrected chi connectivity index (χ3v) is 5.67. The van der Waals surface area contributed by atoms with Crippen LogP contribution in [0.5, 0.6) is 11.5 Å². The van der Waals surface area contributed by atoms with Gasteiger partial charge < -0.3 is 13.9 Å². The molecule has 0 aliphatic carbocycles. The van der Waals surface area contributed by atoms with Gasteiger partial charge in [0.05, 0.1) is 36.5 Å². The van der Waals surface area contributed by atoms with Gasteiger partial charge in [-0.15, -0.1) is 0 Å². The quantitative estimate of drug-likeness (QED) is 0.349. The number of aromatic nitrogens is 1. The van der Waals surface area contributed by atoms with E-state index in [4.69, 9.17) is 37.1 Å². The molecule has 1 aromatic heterocycles. The second kappa shape index (κ2) is 8.92. The van der Waals surface area contributed by atoms with Crippen molar-refractivity contribution in [1.82, 2.24) is 4.57 Å². The molecule has 0 atom stereocenters. The standard InChI is InChI=1S/C24H19Cl2NO4/c1-29-18-8-4-16(5-9-18)22-23(17-6-10-19(30-2)11-7-17)31-24(28)27(22)14-15-3-12-20(25)21(26)13-15/h3-13H,14H2,1-2H3. The highest BCUT2D eigenvalue weighted by Gasteiger charge is 2.21. The molecule has 0 aliphatic heterocycles. The summed E-state index contributed by atoms with van der Waals surface area (Å²) in [5.41, 5.74) is 3.06. The van der Waals surface area contributed by atoms with E-state index >= 15 is 0 Å². The molecule has 0 unspecified atom stereocenters. The Bertz CT molecular complexity index is 1260. The maximum Gasteiger partial charge on any atom is 0.420 e. The van der Waals surface area contributed by atoms with Crippen LogP contribution in [0.3, 0.4) is 0 Å². The summed E-state index contributed by atoms with van der Waals surface area (Å²) in [6.45, 7) is 0.275. The summed E-state index contributed by atoms with van der Waals surface area (Å²) in [5, 5.41) is 0.886. The summed E-state index contributed by atoms with van der Waals surface area (Å²) >= 11 is 12.2. The van der Waals surface area contributed by atoms with Gasteiger partial charge >= 0.3 is 5.76 Å². The Balaban J connectivity index is 1.87. The average molecular weight is 456 g/mol. The third kappa shape index (κ3) is 4.33. The molecule has 158 valence electrons. The Labute approximate surface area is 189 Å². The number of halogens is 2. The number of methoxy groups -OCH3 is 2. The van der Waals surface area contributed by atoms with Crippen molar-refractivity contribution in [3.05, 3.63) is 92.9 Å².